The molecular formula is C15H16N4O. The highest BCUT2D eigenvalue weighted by Crippen LogP contribution is 2.12. The average Bonchev–Trinajstić information content (AvgIpc) is 2.71. The lowest BCUT2D eigenvalue weighted by molar-refractivity contribution is 0.725. The Balaban J connectivity index is 2.14. The summed E-state index contributed by atoms with van der Waals surface area (Å²) in [4.78, 5) is 16.9. The van der Waals surface area contributed by atoms with Gasteiger partial charge in [0.15, 0.2) is 5.52 Å². The summed E-state index contributed by atoms with van der Waals surface area (Å²) in [6.45, 7) is 4.43. The van der Waals surface area contributed by atoms with Crippen molar-refractivity contribution in [1.82, 2.24) is 19.3 Å². The summed E-state index contributed by atoms with van der Waals surface area (Å²) in [6, 6.07) is 8.04. The zero-order valence-electron chi connectivity index (χ0n) is 11.8. The lowest BCUT2D eigenvalue weighted by Gasteiger charge is -2.08. The normalized spacial score (nSPS) is 11.2. The van der Waals surface area contributed by atoms with E-state index in [4.69, 9.17) is 0 Å². The van der Waals surface area contributed by atoms with Gasteiger partial charge in [-0.2, -0.15) is 5.10 Å². The first-order valence-corrected chi connectivity index (χ1v) is 6.51. The minimum Gasteiger partial charge on any atom is -0.293 e. The van der Waals surface area contributed by atoms with Crippen LogP contribution in [0.4, 0.5) is 0 Å². The SMILES string of the molecule is Cc1ccccc1Cn1cnc2c(C)nn(C)c2c1=O. The minimum atomic E-state index is -0.0543. The van der Waals surface area contributed by atoms with Crippen molar-refractivity contribution in [3.63, 3.8) is 0 Å². The third-order valence-electron chi connectivity index (χ3n) is 3.58. The Morgan fingerprint density at radius 1 is 1.20 bits per heavy atom. The van der Waals surface area contributed by atoms with Gasteiger partial charge < -0.3 is 0 Å². The van der Waals surface area contributed by atoms with Crippen molar-refractivity contribution >= 4 is 11.0 Å². The first-order chi connectivity index (χ1) is 9.58. The van der Waals surface area contributed by atoms with Crippen LogP contribution in [0.5, 0.6) is 0 Å². The molecule has 0 N–H and O–H groups in total. The molecule has 0 unspecified atom stereocenters. The fourth-order valence-corrected chi connectivity index (χ4v) is 2.44. The number of benzene rings is 1. The Kier molecular flexibility index (Phi) is 2.89. The summed E-state index contributed by atoms with van der Waals surface area (Å²) in [5.41, 5.74) is 4.25. The van der Waals surface area contributed by atoms with Crippen LogP contribution in [0.15, 0.2) is 35.4 Å². The predicted molar refractivity (Wildman–Crippen MR) is 77.8 cm³/mol. The fraction of sp³-hybridized carbons (Fsp3) is 0.267. The van der Waals surface area contributed by atoms with Gasteiger partial charge >= 0.3 is 0 Å². The van der Waals surface area contributed by atoms with Crippen molar-refractivity contribution in [2.75, 3.05) is 0 Å². The molecule has 0 aliphatic rings. The summed E-state index contributed by atoms with van der Waals surface area (Å²) in [5.74, 6) is 0. The second-order valence-electron chi connectivity index (χ2n) is 5.01. The minimum absolute atomic E-state index is 0.0543. The number of aromatic nitrogens is 4. The van der Waals surface area contributed by atoms with Gasteiger partial charge in [0, 0.05) is 7.05 Å². The van der Waals surface area contributed by atoms with Gasteiger partial charge in [0.1, 0.15) is 5.52 Å². The molecule has 0 amide bonds. The highest BCUT2D eigenvalue weighted by atomic mass is 16.1. The van der Waals surface area contributed by atoms with E-state index >= 15 is 0 Å². The van der Waals surface area contributed by atoms with Crippen LogP contribution in [0, 0.1) is 13.8 Å². The third-order valence-corrected chi connectivity index (χ3v) is 3.58. The van der Waals surface area contributed by atoms with Crippen molar-refractivity contribution in [3.8, 4) is 0 Å². The van der Waals surface area contributed by atoms with E-state index in [9.17, 15) is 4.79 Å². The molecular weight excluding hydrogens is 252 g/mol. The van der Waals surface area contributed by atoms with Gasteiger partial charge in [-0.1, -0.05) is 24.3 Å². The summed E-state index contributed by atoms with van der Waals surface area (Å²) < 4.78 is 3.24. The number of hydrogen-bond donors (Lipinski definition) is 0. The third kappa shape index (κ3) is 1.91. The number of hydrogen-bond acceptors (Lipinski definition) is 3. The molecule has 0 bridgehead atoms. The Morgan fingerprint density at radius 3 is 2.70 bits per heavy atom. The van der Waals surface area contributed by atoms with E-state index in [1.165, 1.54) is 5.56 Å². The molecule has 5 nitrogen and oxygen atoms in total. The molecule has 3 rings (SSSR count). The predicted octanol–water partition coefficient (Wildman–Crippen LogP) is 1.80. The lowest BCUT2D eigenvalue weighted by atomic mass is 10.1. The Labute approximate surface area is 116 Å². The molecule has 102 valence electrons. The molecule has 2 aromatic heterocycles. The topological polar surface area (TPSA) is 52.7 Å². The zero-order valence-corrected chi connectivity index (χ0v) is 11.8. The van der Waals surface area contributed by atoms with E-state index in [1.807, 2.05) is 38.1 Å². The molecule has 0 saturated heterocycles. The molecule has 0 atom stereocenters. The summed E-state index contributed by atoms with van der Waals surface area (Å²) in [7, 11) is 1.77. The molecule has 0 aliphatic carbocycles. The first kappa shape index (κ1) is 12.6. The Bertz CT molecular complexity index is 845. The van der Waals surface area contributed by atoms with E-state index in [-0.39, 0.29) is 5.56 Å². The number of rotatable bonds is 2. The second kappa shape index (κ2) is 4.59. The smallest absolute Gasteiger partial charge is 0.279 e. The van der Waals surface area contributed by atoms with Crippen LogP contribution >= 0.6 is 0 Å². The fourth-order valence-electron chi connectivity index (χ4n) is 2.44. The Hall–Kier alpha value is -2.43. The van der Waals surface area contributed by atoms with E-state index < -0.39 is 0 Å². The number of aryl methyl sites for hydroxylation is 3. The molecule has 3 aromatic rings. The molecule has 0 saturated carbocycles. The van der Waals surface area contributed by atoms with Gasteiger partial charge in [0.05, 0.1) is 18.6 Å². The molecule has 1 aromatic carbocycles. The van der Waals surface area contributed by atoms with Crippen molar-refractivity contribution in [2.45, 2.75) is 20.4 Å². The lowest BCUT2D eigenvalue weighted by Crippen LogP contribution is -2.23. The zero-order chi connectivity index (χ0) is 14.3. The van der Waals surface area contributed by atoms with E-state index in [0.29, 0.717) is 17.6 Å². The van der Waals surface area contributed by atoms with Crippen LogP contribution in [0.25, 0.3) is 11.0 Å². The van der Waals surface area contributed by atoms with Crippen molar-refractivity contribution in [3.05, 3.63) is 57.8 Å². The van der Waals surface area contributed by atoms with Gasteiger partial charge in [0.2, 0.25) is 0 Å². The van der Waals surface area contributed by atoms with Crippen molar-refractivity contribution < 1.29 is 0 Å². The maximum Gasteiger partial charge on any atom is 0.279 e. The molecule has 0 aliphatic heterocycles. The summed E-state index contributed by atoms with van der Waals surface area (Å²) in [6.07, 6.45) is 1.60. The van der Waals surface area contributed by atoms with Crippen LogP contribution in [0.1, 0.15) is 16.8 Å². The van der Waals surface area contributed by atoms with Gasteiger partial charge in [-0.05, 0) is 25.0 Å². The van der Waals surface area contributed by atoms with Crippen LogP contribution in [-0.4, -0.2) is 19.3 Å². The largest absolute Gasteiger partial charge is 0.293 e. The molecule has 0 fully saturated rings. The van der Waals surface area contributed by atoms with E-state index in [2.05, 4.69) is 10.1 Å². The standard InChI is InChI=1S/C15H16N4O/c1-10-6-4-5-7-12(10)8-19-9-16-13-11(2)17-18(3)14(13)15(19)20/h4-7,9H,8H2,1-3H3. The first-order valence-electron chi connectivity index (χ1n) is 6.51. The Morgan fingerprint density at radius 2 is 1.95 bits per heavy atom. The molecule has 20 heavy (non-hydrogen) atoms. The van der Waals surface area contributed by atoms with Crippen molar-refractivity contribution in [1.29, 1.82) is 0 Å². The summed E-state index contributed by atoms with van der Waals surface area (Å²) >= 11 is 0. The number of nitrogens with zero attached hydrogens (tertiary/aromatic N) is 4. The monoisotopic (exact) mass is 268 g/mol. The highest BCUT2D eigenvalue weighted by Gasteiger charge is 2.12. The molecule has 2 heterocycles. The maximum absolute atomic E-state index is 12.5. The van der Waals surface area contributed by atoms with Gasteiger partial charge in [-0.3, -0.25) is 14.0 Å². The van der Waals surface area contributed by atoms with Crippen LogP contribution in [0.3, 0.4) is 0 Å². The van der Waals surface area contributed by atoms with Crippen molar-refractivity contribution in [2.24, 2.45) is 7.05 Å². The van der Waals surface area contributed by atoms with E-state index in [0.717, 1.165) is 11.3 Å². The molecule has 0 radical (unpaired) electrons. The second-order valence-corrected chi connectivity index (χ2v) is 5.01. The summed E-state index contributed by atoms with van der Waals surface area (Å²) in [5, 5.41) is 4.26. The molecule has 5 heteroatoms. The van der Waals surface area contributed by atoms with Crippen LogP contribution < -0.4 is 5.56 Å². The van der Waals surface area contributed by atoms with Gasteiger partial charge in [-0.25, -0.2) is 4.98 Å². The highest BCUT2D eigenvalue weighted by molar-refractivity contribution is 5.75. The van der Waals surface area contributed by atoms with Gasteiger partial charge in [-0.15, -0.1) is 0 Å². The molecule has 0 spiro atoms. The average molecular weight is 268 g/mol. The maximum atomic E-state index is 12.5. The van der Waals surface area contributed by atoms with Gasteiger partial charge in [0.25, 0.3) is 5.56 Å². The number of fused-ring (bicyclic) bond motifs is 1. The van der Waals surface area contributed by atoms with E-state index in [1.54, 1.807) is 22.6 Å². The van der Waals surface area contributed by atoms with Crippen LogP contribution in [0.2, 0.25) is 0 Å². The van der Waals surface area contributed by atoms with Crippen LogP contribution in [-0.2, 0) is 13.6 Å². The quantitative estimate of drug-likeness (QED) is 0.712.